The summed E-state index contributed by atoms with van der Waals surface area (Å²) in [7, 11) is 4.62. The Balaban J connectivity index is 1.84. The lowest BCUT2D eigenvalue weighted by Gasteiger charge is -2.14. The number of anilines is 4. The zero-order chi connectivity index (χ0) is 19.9. The standard InChI is InChI=1S/C19H18N6O3/c1-26-15-8-14(9-16(27-2)18(15)28-3)23-19-24-17(11-21-25-19)22-13-6-4-5-12(7-13)10-20/h4-9,11H,1-3H3,(H2,22,23,24,25). The quantitative estimate of drug-likeness (QED) is 0.639. The molecule has 0 aliphatic heterocycles. The Morgan fingerprint density at radius 3 is 2.32 bits per heavy atom. The summed E-state index contributed by atoms with van der Waals surface area (Å²) in [4.78, 5) is 4.38. The molecule has 0 bridgehead atoms. The van der Waals surface area contributed by atoms with Crippen LogP contribution in [0, 0.1) is 11.3 Å². The van der Waals surface area contributed by atoms with Gasteiger partial charge in [-0.3, -0.25) is 0 Å². The highest BCUT2D eigenvalue weighted by Crippen LogP contribution is 2.40. The molecule has 3 rings (SSSR count). The lowest BCUT2D eigenvalue weighted by molar-refractivity contribution is 0.324. The van der Waals surface area contributed by atoms with Crippen molar-refractivity contribution < 1.29 is 14.2 Å². The van der Waals surface area contributed by atoms with E-state index in [1.807, 2.05) is 6.07 Å². The van der Waals surface area contributed by atoms with Crippen molar-refractivity contribution in [2.75, 3.05) is 32.0 Å². The number of nitriles is 1. The van der Waals surface area contributed by atoms with E-state index < -0.39 is 0 Å². The van der Waals surface area contributed by atoms with Crippen LogP contribution in [0.1, 0.15) is 5.56 Å². The highest BCUT2D eigenvalue weighted by atomic mass is 16.5. The van der Waals surface area contributed by atoms with E-state index in [0.717, 1.165) is 5.69 Å². The molecular weight excluding hydrogens is 360 g/mol. The van der Waals surface area contributed by atoms with Crippen LogP contribution < -0.4 is 24.8 Å². The summed E-state index contributed by atoms with van der Waals surface area (Å²) in [6, 6.07) is 12.6. The molecule has 1 aromatic heterocycles. The molecule has 1 heterocycles. The maximum atomic E-state index is 9.00. The van der Waals surface area contributed by atoms with Crippen molar-refractivity contribution in [2.45, 2.75) is 0 Å². The zero-order valence-electron chi connectivity index (χ0n) is 15.6. The Labute approximate surface area is 161 Å². The molecule has 9 heteroatoms. The molecular formula is C19H18N6O3. The zero-order valence-corrected chi connectivity index (χ0v) is 15.6. The summed E-state index contributed by atoms with van der Waals surface area (Å²) in [6.07, 6.45) is 1.49. The normalized spacial score (nSPS) is 9.93. The third-order valence-electron chi connectivity index (χ3n) is 3.74. The molecule has 0 saturated heterocycles. The molecule has 0 aliphatic carbocycles. The van der Waals surface area contributed by atoms with Crippen molar-refractivity contribution >= 4 is 23.1 Å². The minimum Gasteiger partial charge on any atom is -0.493 e. The van der Waals surface area contributed by atoms with Gasteiger partial charge in [0.2, 0.25) is 11.7 Å². The maximum Gasteiger partial charge on any atom is 0.249 e. The predicted molar refractivity (Wildman–Crippen MR) is 104 cm³/mol. The van der Waals surface area contributed by atoms with Gasteiger partial charge in [0.1, 0.15) is 0 Å². The highest BCUT2D eigenvalue weighted by Gasteiger charge is 2.14. The third kappa shape index (κ3) is 4.19. The van der Waals surface area contributed by atoms with Gasteiger partial charge in [0.05, 0.1) is 39.2 Å². The molecule has 2 aromatic carbocycles. The molecule has 3 aromatic rings. The van der Waals surface area contributed by atoms with E-state index in [1.165, 1.54) is 13.3 Å². The molecule has 0 saturated carbocycles. The van der Waals surface area contributed by atoms with E-state index in [9.17, 15) is 0 Å². The summed E-state index contributed by atoms with van der Waals surface area (Å²) in [5.74, 6) is 2.23. The first-order valence-electron chi connectivity index (χ1n) is 8.20. The number of methoxy groups -OCH3 is 3. The third-order valence-corrected chi connectivity index (χ3v) is 3.74. The molecule has 0 amide bonds. The fourth-order valence-electron chi connectivity index (χ4n) is 2.51. The number of nitrogens with zero attached hydrogens (tertiary/aromatic N) is 4. The average Bonchev–Trinajstić information content (AvgIpc) is 2.73. The van der Waals surface area contributed by atoms with Crippen LogP contribution in [0.4, 0.5) is 23.1 Å². The van der Waals surface area contributed by atoms with Gasteiger partial charge >= 0.3 is 0 Å². The van der Waals surface area contributed by atoms with Crippen molar-refractivity contribution in [3.8, 4) is 23.3 Å². The monoisotopic (exact) mass is 378 g/mol. The Bertz CT molecular complexity index is 994. The van der Waals surface area contributed by atoms with Crippen LogP contribution in [0.3, 0.4) is 0 Å². The fourth-order valence-corrected chi connectivity index (χ4v) is 2.51. The van der Waals surface area contributed by atoms with Crippen molar-refractivity contribution in [1.29, 1.82) is 5.26 Å². The number of ether oxygens (including phenoxy) is 3. The van der Waals surface area contributed by atoms with Gasteiger partial charge in [-0.15, -0.1) is 5.10 Å². The van der Waals surface area contributed by atoms with Gasteiger partial charge in [0.15, 0.2) is 17.3 Å². The first-order chi connectivity index (χ1) is 13.7. The number of benzene rings is 2. The summed E-state index contributed by atoms with van der Waals surface area (Å²) < 4.78 is 16.0. The van der Waals surface area contributed by atoms with Crippen LogP contribution in [-0.2, 0) is 0 Å². The molecule has 9 nitrogen and oxygen atoms in total. The minimum atomic E-state index is 0.274. The Morgan fingerprint density at radius 1 is 0.929 bits per heavy atom. The van der Waals surface area contributed by atoms with Gasteiger partial charge in [0, 0.05) is 23.5 Å². The van der Waals surface area contributed by atoms with Gasteiger partial charge in [0.25, 0.3) is 0 Å². The van der Waals surface area contributed by atoms with E-state index in [1.54, 1.807) is 44.6 Å². The molecule has 28 heavy (non-hydrogen) atoms. The molecule has 0 radical (unpaired) electrons. The van der Waals surface area contributed by atoms with Crippen LogP contribution in [-0.4, -0.2) is 36.5 Å². The fraction of sp³-hybridized carbons (Fsp3) is 0.158. The molecule has 0 unspecified atom stereocenters. The first-order valence-corrected chi connectivity index (χ1v) is 8.20. The highest BCUT2D eigenvalue weighted by molar-refractivity contribution is 5.66. The largest absolute Gasteiger partial charge is 0.493 e. The summed E-state index contributed by atoms with van der Waals surface area (Å²) in [5, 5.41) is 23.1. The number of rotatable bonds is 7. The number of nitrogens with one attached hydrogen (secondary N) is 2. The van der Waals surface area contributed by atoms with Gasteiger partial charge < -0.3 is 24.8 Å². The number of hydrogen-bond donors (Lipinski definition) is 2. The van der Waals surface area contributed by atoms with Crippen molar-refractivity contribution in [1.82, 2.24) is 15.2 Å². The number of aromatic nitrogens is 3. The van der Waals surface area contributed by atoms with Gasteiger partial charge in [-0.2, -0.15) is 15.3 Å². The van der Waals surface area contributed by atoms with Crippen LogP contribution >= 0.6 is 0 Å². The lowest BCUT2D eigenvalue weighted by Crippen LogP contribution is -2.03. The SMILES string of the molecule is COc1cc(Nc2nncc(Nc3cccc(C#N)c3)n2)cc(OC)c1OC. The topological polar surface area (TPSA) is 114 Å². The molecule has 0 atom stereocenters. The van der Waals surface area contributed by atoms with Crippen LogP contribution in [0.25, 0.3) is 0 Å². The van der Waals surface area contributed by atoms with Crippen molar-refractivity contribution in [2.24, 2.45) is 0 Å². The van der Waals surface area contributed by atoms with E-state index >= 15 is 0 Å². The Kier molecular flexibility index (Phi) is 5.72. The second kappa shape index (κ2) is 8.55. The van der Waals surface area contributed by atoms with Crippen LogP contribution in [0.15, 0.2) is 42.6 Å². The average molecular weight is 378 g/mol. The lowest BCUT2D eigenvalue weighted by atomic mass is 10.2. The second-order valence-corrected chi connectivity index (χ2v) is 5.52. The molecule has 0 spiro atoms. The Morgan fingerprint density at radius 2 is 1.68 bits per heavy atom. The van der Waals surface area contributed by atoms with E-state index in [4.69, 9.17) is 19.5 Å². The predicted octanol–water partition coefficient (Wildman–Crippen LogP) is 3.26. The summed E-state index contributed by atoms with van der Waals surface area (Å²) in [6.45, 7) is 0. The Hall–Kier alpha value is -4.06. The molecule has 2 N–H and O–H groups in total. The van der Waals surface area contributed by atoms with E-state index in [2.05, 4.69) is 31.9 Å². The summed E-state index contributed by atoms with van der Waals surface area (Å²) in [5.41, 5.74) is 1.90. The van der Waals surface area contributed by atoms with Gasteiger partial charge in [-0.1, -0.05) is 6.07 Å². The van der Waals surface area contributed by atoms with Crippen LogP contribution in [0.5, 0.6) is 17.2 Å². The van der Waals surface area contributed by atoms with Gasteiger partial charge in [-0.25, -0.2) is 0 Å². The van der Waals surface area contributed by atoms with Crippen molar-refractivity contribution in [3.63, 3.8) is 0 Å². The van der Waals surface area contributed by atoms with E-state index in [-0.39, 0.29) is 5.95 Å². The number of hydrogen-bond acceptors (Lipinski definition) is 9. The summed E-state index contributed by atoms with van der Waals surface area (Å²) >= 11 is 0. The molecule has 0 fully saturated rings. The van der Waals surface area contributed by atoms with Crippen LogP contribution in [0.2, 0.25) is 0 Å². The smallest absolute Gasteiger partial charge is 0.249 e. The molecule has 142 valence electrons. The maximum absolute atomic E-state index is 9.00. The van der Waals surface area contributed by atoms with Gasteiger partial charge in [-0.05, 0) is 18.2 Å². The first kappa shape index (κ1) is 18.7. The van der Waals surface area contributed by atoms with Crippen molar-refractivity contribution in [3.05, 3.63) is 48.2 Å². The molecule has 0 aliphatic rings. The minimum absolute atomic E-state index is 0.274. The second-order valence-electron chi connectivity index (χ2n) is 5.52. The van der Waals surface area contributed by atoms with E-state index in [0.29, 0.717) is 34.3 Å².